The molecule has 0 saturated carbocycles. The van der Waals surface area contributed by atoms with E-state index in [1.165, 1.54) is 17.0 Å². The molecule has 1 aromatic heterocycles. The number of hydrogen-bond donors (Lipinski definition) is 1. The Morgan fingerprint density at radius 1 is 1.00 bits per heavy atom. The Morgan fingerprint density at radius 2 is 1.71 bits per heavy atom. The van der Waals surface area contributed by atoms with Gasteiger partial charge >= 0.3 is 0 Å². The van der Waals surface area contributed by atoms with Gasteiger partial charge in [-0.15, -0.1) is 12.4 Å². The number of rotatable bonds is 7. The molecule has 0 radical (unpaired) electrons. The molecular formula is C22H25Cl3N4OS. The summed E-state index contributed by atoms with van der Waals surface area (Å²) in [4.78, 5) is 21.5. The predicted molar refractivity (Wildman–Crippen MR) is 134 cm³/mol. The maximum Gasteiger partial charge on any atom is 0.226 e. The zero-order valence-electron chi connectivity index (χ0n) is 17.0. The molecule has 5 nitrogen and oxygen atoms in total. The van der Waals surface area contributed by atoms with Gasteiger partial charge in [0.1, 0.15) is 0 Å². The minimum Gasteiger partial charge on any atom is -0.369 e. The minimum absolute atomic E-state index is 0. The smallest absolute Gasteiger partial charge is 0.226 e. The molecule has 1 fully saturated rings. The highest BCUT2D eigenvalue weighted by Gasteiger charge is 2.17. The molecule has 0 bridgehead atoms. The average Bonchev–Trinajstić information content (AvgIpc) is 3.13. The van der Waals surface area contributed by atoms with Crippen LogP contribution in [0.4, 0.5) is 10.8 Å². The number of hydrogen-bond acceptors (Lipinski definition) is 5. The number of benzene rings is 2. The standard InChI is InChI=1S/C22H24Cl2N4OS.ClH/c23-16-4-7-18(8-5-16)28-13-11-27(12-14-28)10-2-1-3-21(29)26-22-25-19-9-6-17(24)15-20(19)30-22;/h4-9,15H,1-3,10-14H2,(H,25,26,29);1H. The van der Waals surface area contributed by atoms with Gasteiger partial charge in [0.25, 0.3) is 0 Å². The zero-order chi connectivity index (χ0) is 20.9. The van der Waals surface area contributed by atoms with E-state index >= 15 is 0 Å². The lowest BCUT2D eigenvalue weighted by Gasteiger charge is -2.36. The second kappa shape index (κ2) is 11.3. The van der Waals surface area contributed by atoms with Gasteiger partial charge in [-0.2, -0.15) is 0 Å². The molecule has 1 aliphatic heterocycles. The molecule has 2 heterocycles. The van der Waals surface area contributed by atoms with Gasteiger partial charge in [-0.05, 0) is 61.9 Å². The Hall–Kier alpha value is -1.57. The number of halogens is 3. The fraction of sp³-hybridized carbons (Fsp3) is 0.364. The summed E-state index contributed by atoms with van der Waals surface area (Å²) in [7, 11) is 0. The number of carbonyl (C=O) groups is 1. The van der Waals surface area contributed by atoms with Crippen molar-refractivity contribution in [2.75, 3.05) is 42.9 Å². The van der Waals surface area contributed by atoms with E-state index in [-0.39, 0.29) is 18.3 Å². The fourth-order valence-electron chi connectivity index (χ4n) is 3.64. The molecule has 1 N–H and O–H groups in total. The molecule has 1 amide bonds. The third kappa shape index (κ3) is 6.70. The van der Waals surface area contributed by atoms with Crippen molar-refractivity contribution in [1.82, 2.24) is 9.88 Å². The van der Waals surface area contributed by atoms with Crippen LogP contribution >= 0.6 is 46.9 Å². The van der Waals surface area contributed by atoms with Crippen molar-refractivity contribution in [3.8, 4) is 0 Å². The Balaban J connectivity index is 0.00000272. The van der Waals surface area contributed by atoms with Gasteiger partial charge < -0.3 is 10.2 Å². The van der Waals surface area contributed by atoms with E-state index in [2.05, 4.69) is 32.2 Å². The number of piperazine rings is 1. The molecule has 166 valence electrons. The Labute approximate surface area is 202 Å². The van der Waals surface area contributed by atoms with E-state index < -0.39 is 0 Å². The highest BCUT2D eigenvalue weighted by Crippen LogP contribution is 2.28. The van der Waals surface area contributed by atoms with E-state index in [0.29, 0.717) is 16.6 Å². The molecular weight excluding hydrogens is 475 g/mol. The number of nitrogens with one attached hydrogen (secondary N) is 1. The van der Waals surface area contributed by atoms with Crippen molar-refractivity contribution in [2.24, 2.45) is 0 Å². The number of amides is 1. The van der Waals surface area contributed by atoms with Crippen LogP contribution in [0.5, 0.6) is 0 Å². The first-order valence-corrected chi connectivity index (χ1v) is 11.7. The van der Waals surface area contributed by atoms with Crippen molar-refractivity contribution < 1.29 is 4.79 Å². The maximum atomic E-state index is 12.2. The summed E-state index contributed by atoms with van der Waals surface area (Å²) in [5, 5.41) is 5.00. The lowest BCUT2D eigenvalue weighted by Crippen LogP contribution is -2.46. The summed E-state index contributed by atoms with van der Waals surface area (Å²) >= 11 is 13.4. The molecule has 0 atom stereocenters. The monoisotopic (exact) mass is 498 g/mol. The van der Waals surface area contributed by atoms with Crippen LogP contribution in [0.2, 0.25) is 10.0 Å². The summed E-state index contributed by atoms with van der Waals surface area (Å²) in [6.45, 7) is 5.15. The summed E-state index contributed by atoms with van der Waals surface area (Å²) in [6.07, 6.45) is 2.41. The Bertz CT molecular complexity index is 1000. The van der Waals surface area contributed by atoms with Gasteiger partial charge in [0, 0.05) is 48.3 Å². The quantitative estimate of drug-likeness (QED) is 0.408. The van der Waals surface area contributed by atoms with Crippen LogP contribution in [0.15, 0.2) is 42.5 Å². The SMILES string of the molecule is Cl.O=C(CCCCN1CCN(c2ccc(Cl)cc2)CC1)Nc1nc2ccc(Cl)cc2s1. The molecule has 4 rings (SSSR count). The van der Waals surface area contributed by atoms with Crippen LogP contribution in [0.3, 0.4) is 0 Å². The molecule has 2 aromatic carbocycles. The van der Waals surface area contributed by atoms with Crippen molar-refractivity contribution in [1.29, 1.82) is 0 Å². The average molecular weight is 500 g/mol. The second-order valence-electron chi connectivity index (χ2n) is 7.44. The lowest BCUT2D eigenvalue weighted by atomic mass is 10.2. The maximum absolute atomic E-state index is 12.2. The summed E-state index contributed by atoms with van der Waals surface area (Å²) in [6, 6.07) is 13.6. The van der Waals surface area contributed by atoms with Crippen LogP contribution in [0.25, 0.3) is 10.2 Å². The number of aromatic nitrogens is 1. The van der Waals surface area contributed by atoms with Gasteiger partial charge in [0.2, 0.25) is 5.91 Å². The number of nitrogens with zero attached hydrogens (tertiary/aromatic N) is 3. The molecule has 0 unspecified atom stereocenters. The number of anilines is 2. The largest absolute Gasteiger partial charge is 0.369 e. The molecule has 3 aromatic rings. The van der Waals surface area contributed by atoms with Crippen molar-refractivity contribution in [3.05, 3.63) is 52.5 Å². The first-order chi connectivity index (χ1) is 14.6. The second-order valence-corrected chi connectivity index (χ2v) is 9.34. The minimum atomic E-state index is 0. The number of fused-ring (bicyclic) bond motifs is 1. The van der Waals surface area contributed by atoms with Gasteiger partial charge in [0.05, 0.1) is 10.2 Å². The van der Waals surface area contributed by atoms with Crippen LogP contribution in [0.1, 0.15) is 19.3 Å². The summed E-state index contributed by atoms with van der Waals surface area (Å²) < 4.78 is 0.982. The molecule has 1 aliphatic rings. The molecule has 1 saturated heterocycles. The van der Waals surface area contributed by atoms with Gasteiger partial charge in [-0.1, -0.05) is 34.5 Å². The van der Waals surface area contributed by atoms with Crippen LogP contribution in [-0.4, -0.2) is 48.5 Å². The first-order valence-electron chi connectivity index (χ1n) is 10.2. The van der Waals surface area contributed by atoms with E-state index in [4.69, 9.17) is 23.2 Å². The normalized spacial score (nSPS) is 14.5. The van der Waals surface area contributed by atoms with Crippen molar-refractivity contribution in [2.45, 2.75) is 19.3 Å². The lowest BCUT2D eigenvalue weighted by molar-refractivity contribution is -0.116. The van der Waals surface area contributed by atoms with Crippen LogP contribution in [-0.2, 0) is 4.79 Å². The van der Waals surface area contributed by atoms with Crippen LogP contribution < -0.4 is 10.2 Å². The topological polar surface area (TPSA) is 48.5 Å². The van der Waals surface area contributed by atoms with E-state index in [0.717, 1.165) is 60.8 Å². The molecule has 31 heavy (non-hydrogen) atoms. The highest BCUT2D eigenvalue weighted by molar-refractivity contribution is 7.22. The Kier molecular flexibility index (Phi) is 8.81. The fourth-order valence-corrected chi connectivity index (χ4v) is 4.92. The molecule has 9 heteroatoms. The first kappa shape index (κ1) is 24.1. The van der Waals surface area contributed by atoms with Gasteiger partial charge in [-0.3, -0.25) is 9.69 Å². The number of unbranched alkanes of at least 4 members (excludes halogenated alkanes) is 1. The zero-order valence-corrected chi connectivity index (χ0v) is 20.2. The van der Waals surface area contributed by atoms with Crippen LogP contribution in [0, 0.1) is 0 Å². The van der Waals surface area contributed by atoms with Crippen molar-refractivity contribution >= 4 is 73.9 Å². The third-order valence-electron chi connectivity index (χ3n) is 5.29. The number of carbonyl (C=O) groups excluding carboxylic acids is 1. The summed E-state index contributed by atoms with van der Waals surface area (Å²) in [5.74, 6) is 0.0210. The highest BCUT2D eigenvalue weighted by atomic mass is 35.5. The molecule has 0 aliphatic carbocycles. The van der Waals surface area contributed by atoms with Crippen molar-refractivity contribution in [3.63, 3.8) is 0 Å². The third-order valence-corrected chi connectivity index (χ3v) is 6.71. The van der Waals surface area contributed by atoms with Gasteiger partial charge in [-0.25, -0.2) is 4.98 Å². The molecule has 0 spiro atoms. The van der Waals surface area contributed by atoms with E-state index in [1.54, 1.807) is 0 Å². The summed E-state index contributed by atoms with van der Waals surface area (Å²) in [5.41, 5.74) is 2.09. The Morgan fingerprint density at radius 3 is 2.45 bits per heavy atom. The predicted octanol–water partition coefficient (Wildman–Crippen LogP) is 5.96. The number of thiazole rings is 1. The van der Waals surface area contributed by atoms with Gasteiger partial charge in [0.15, 0.2) is 5.13 Å². The van der Waals surface area contributed by atoms with E-state index in [1.807, 2.05) is 30.3 Å². The van der Waals surface area contributed by atoms with E-state index in [9.17, 15) is 4.79 Å².